The van der Waals surface area contributed by atoms with Gasteiger partial charge < -0.3 is 15.4 Å². The molecule has 1 atom stereocenters. The first-order valence-corrected chi connectivity index (χ1v) is 6.79. The molecule has 98 valence electrons. The molecule has 2 heterocycles. The minimum absolute atomic E-state index is 0.138. The minimum atomic E-state index is -0.146. The van der Waals surface area contributed by atoms with Crippen LogP contribution in [0, 0.1) is 0 Å². The molecule has 1 aromatic rings. The van der Waals surface area contributed by atoms with E-state index in [0.717, 1.165) is 4.90 Å². The van der Waals surface area contributed by atoms with Crippen molar-refractivity contribution in [3.63, 3.8) is 0 Å². The van der Waals surface area contributed by atoms with Gasteiger partial charge in [-0.05, 0) is 13.0 Å². The van der Waals surface area contributed by atoms with Crippen LogP contribution in [0.3, 0.4) is 0 Å². The van der Waals surface area contributed by atoms with Crippen LogP contribution >= 0.6 is 11.8 Å². The number of morpholine rings is 1. The number of aromatic nitrogens is 1. The van der Waals surface area contributed by atoms with E-state index < -0.39 is 0 Å². The van der Waals surface area contributed by atoms with Gasteiger partial charge in [0.2, 0.25) is 5.91 Å². The second-order valence-corrected chi connectivity index (χ2v) is 5.49. The first kappa shape index (κ1) is 13.2. The van der Waals surface area contributed by atoms with Crippen molar-refractivity contribution in [2.45, 2.75) is 17.1 Å². The normalized spacial score (nSPS) is 17.5. The molecular formula is C12H17N3O2S. The fourth-order valence-electron chi connectivity index (χ4n) is 1.78. The smallest absolute Gasteiger partial charge is 0.235 e. The highest BCUT2D eigenvalue weighted by molar-refractivity contribution is 8.00. The average molecular weight is 267 g/mol. The Bertz CT molecular complexity index is 422. The van der Waals surface area contributed by atoms with Gasteiger partial charge in [0.15, 0.2) is 0 Å². The number of nitrogens with zero attached hydrogens (tertiary/aromatic N) is 2. The lowest BCUT2D eigenvalue weighted by Gasteiger charge is -2.29. The largest absolute Gasteiger partial charge is 0.397 e. The molecule has 1 aliphatic rings. The quantitative estimate of drug-likeness (QED) is 0.828. The van der Waals surface area contributed by atoms with Crippen molar-refractivity contribution in [3.8, 4) is 0 Å². The van der Waals surface area contributed by atoms with Crippen molar-refractivity contribution >= 4 is 23.4 Å². The molecule has 2 rings (SSSR count). The van der Waals surface area contributed by atoms with E-state index in [-0.39, 0.29) is 11.2 Å². The number of anilines is 1. The van der Waals surface area contributed by atoms with Crippen LogP contribution in [0.15, 0.2) is 23.4 Å². The van der Waals surface area contributed by atoms with Gasteiger partial charge in [-0.2, -0.15) is 0 Å². The molecule has 0 saturated carbocycles. The summed E-state index contributed by atoms with van der Waals surface area (Å²) in [4.78, 5) is 18.9. The van der Waals surface area contributed by atoms with E-state index in [0.29, 0.717) is 32.0 Å². The van der Waals surface area contributed by atoms with Crippen LogP contribution in [0.4, 0.5) is 5.69 Å². The Kier molecular flexibility index (Phi) is 4.43. The van der Waals surface area contributed by atoms with Crippen molar-refractivity contribution in [1.82, 2.24) is 9.88 Å². The predicted molar refractivity (Wildman–Crippen MR) is 71.4 cm³/mol. The first-order chi connectivity index (χ1) is 8.68. The van der Waals surface area contributed by atoms with Gasteiger partial charge in [-0.1, -0.05) is 0 Å². The summed E-state index contributed by atoms with van der Waals surface area (Å²) in [5.74, 6) is 0.138. The van der Waals surface area contributed by atoms with Gasteiger partial charge in [0.05, 0.1) is 30.3 Å². The van der Waals surface area contributed by atoms with Crippen molar-refractivity contribution < 1.29 is 9.53 Å². The number of carbonyl (C=O) groups excluding carboxylic acids is 1. The Labute approximate surface area is 111 Å². The fourth-order valence-corrected chi connectivity index (χ4v) is 2.74. The van der Waals surface area contributed by atoms with Crippen LogP contribution in [0.5, 0.6) is 0 Å². The van der Waals surface area contributed by atoms with E-state index in [9.17, 15) is 4.79 Å². The number of carbonyl (C=O) groups is 1. The summed E-state index contributed by atoms with van der Waals surface area (Å²) < 4.78 is 5.24. The zero-order chi connectivity index (χ0) is 13.0. The molecule has 1 aromatic heterocycles. The summed E-state index contributed by atoms with van der Waals surface area (Å²) >= 11 is 1.47. The van der Waals surface area contributed by atoms with Gasteiger partial charge in [0.1, 0.15) is 0 Å². The van der Waals surface area contributed by atoms with E-state index in [2.05, 4.69) is 4.98 Å². The Morgan fingerprint density at radius 3 is 2.94 bits per heavy atom. The molecule has 2 N–H and O–H groups in total. The highest BCUT2D eigenvalue weighted by Gasteiger charge is 2.23. The maximum absolute atomic E-state index is 12.2. The average Bonchev–Trinajstić information content (AvgIpc) is 2.41. The lowest BCUT2D eigenvalue weighted by atomic mass is 10.3. The third kappa shape index (κ3) is 3.14. The molecule has 0 bridgehead atoms. The maximum atomic E-state index is 12.2. The number of pyridine rings is 1. The van der Waals surface area contributed by atoms with E-state index in [4.69, 9.17) is 10.5 Å². The predicted octanol–water partition coefficient (Wildman–Crippen LogP) is 1.00. The Hall–Kier alpha value is -1.27. The fraction of sp³-hybridized carbons (Fsp3) is 0.500. The topological polar surface area (TPSA) is 68.5 Å². The standard InChI is InChI=1S/C12H17N3O2S/c1-9(12(16)15-4-6-17-7-5-15)18-11-2-3-14-8-10(11)13/h2-3,8-9H,4-7,13H2,1H3. The molecule has 18 heavy (non-hydrogen) atoms. The van der Waals surface area contributed by atoms with Gasteiger partial charge >= 0.3 is 0 Å². The van der Waals surface area contributed by atoms with Crippen LogP contribution in [-0.4, -0.2) is 47.3 Å². The SMILES string of the molecule is CC(Sc1ccncc1N)C(=O)N1CCOCC1. The first-order valence-electron chi connectivity index (χ1n) is 5.91. The summed E-state index contributed by atoms with van der Waals surface area (Å²) in [5, 5.41) is -0.146. The number of rotatable bonds is 3. The van der Waals surface area contributed by atoms with E-state index in [1.54, 1.807) is 12.4 Å². The van der Waals surface area contributed by atoms with Crippen molar-refractivity contribution in [2.75, 3.05) is 32.0 Å². The number of hydrogen-bond donors (Lipinski definition) is 1. The van der Waals surface area contributed by atoms with Crippen molar-refractivity contribution in [1.29, 1.82) is 0 Å². The number of thioether (sulfide) groups is 1. The van der Waals surface area contributed by atoms with Crippen LogP contribution in [0.25, 0.3) is 0 Å². The van der Waals surface area contributed by atoms with Crippen LogP contribution in [0.2, 0.25) is 0 Å². The molecule has 0 radical (unpaired) electrons. The highest BCUT2D eigenvalue weighted by Crippen LogP contribution is 2.28. The molecule has 1 saturated heterocycles. The summed E-state index contributed by atoms with van der Waals surface area (Å²) in [6.45, 7) is 4.51. The summed E-state index contributed by atoms with van der Waals surface area (Å²) in [5.41, 5.74) is 6.43. The van der Waals surface area contributed by atoms with Gasteiger partial charge in [0.25, 0.3) is 0 Å². The van der Waals surface area contributed by atoms with Crippen LogP contribution in [0.1, 0.15) is 6.92 Å². The highest BCUT2D eigenvalue weighted by atomic mass is 32.2. The van der Waals surface area contributed by atoms with Gasteiger partial charge in [-0.25, -0.2) is 0 Å². The molecule has 0 aromatic carbocycles. The Morgan fingerprint density at radius 1 is 1.56 bits per heavy atom. The molecule has 6 heteroatoms. The second kappa shape index (κ2) is 6.06. The molecule has 5 nitrogen and oxygen atoms in total. The summed E-state index contributed by atoms with van der Waals surface area (Å²) in [6, 6.07) is 1.84. The van der Waals surface area contributed by atoms with Crippen LogP contribution in [-0.2, 0) is 9.53 Å². The van der Waals surface area contributed by atoms with E-state index >= 15 is 0 Å². The summed E-state index contributed by atoms with van der Waals surface area (Å²) in [6.07, 6.45) is 3.29. The molecule has 1 aliphatic heterocycles. The lowest BCUT2D eigenvalue weighted by molar-refractivity contribution is -0.134. The maximum Gasteiger partial charge on any atom is 0.235 e. The molecule has 0 aliphatic carbocycles. The summed E-state index contributed by atoms with van der Waals surface area (Å²) in [7, 11) is 0. The molecular weight excluding hydrogens is 250 g/mol. The molecule has 1 amide bonds. The van der Waals surface area contributed by atoms with E-state index in [1.165, 1.54) is 11.8 Å². The van der Waals surface area contributed by atoms with Crippen molar-refractivity contribution in [3.05, 3.63) is 18.5 Å². The zero-order valence-corrected chi connectivity index (χ0v) is 11.2. The Balaban J connectivity index is 1.96. The van der Waals surface area contributed by atoms with Gasteiger partial charge in [0, 0.05) is 24.2 Å². The third-order valence-corrected chi connectivity index (χ3v) is 3.97. The van der Waals surface area contributed by atoms with Crippen LogP contribution < -0.4 is 5.73 Å². The number of hydrogen-bond acceptors (Lipinski definition) is 5. The number of ether oxygens (including phenoxy) is 1. The second-order valence-electron chi connectivity index (χ2n) is 4.11. The molecule has 0 spiro atoms. The number of nitrogen functional groups attached to an aromatic ring is 1. The minimum Gasteiger partial charge on any atom is -0.397 e. The lowest BCUT2D eigenvalue weighted by Crippen LogP contribution is -2.44. The molecule has 1 unspecified atom stereocenters. The van der Waals surface area contributed by atoms with Gasteiger partial charge in [-0.3, -0.25) is 9.78 Å². The third-order valence-electron chi connectivity index (χ3n) is 2.78. The zero-order valence-electron chi connectivity index (χ0n) is 10.3. The van der Waals surface area contributed by atoms with Crippen molar-refractivity contribution in [2.24, 2.45) is 0 Å². The molecule has 1 fully saturated rings. The Morgan fingerprint density at radius 2 is 2.28 bits per heavy atom. The van der Waals surface area contributed by atoms with Gasteiger partial charge in [-0.15, -0.1) is 11.8 Å². The number of nitrogens with two attached hydrogens (primary N) is 1. The van der Waals surface area contributed by atoms with E-state index in [1.807, 2.05) is 17.9 Å². The number of amides is 1. The monoisotopic (exact) mass is 267 g/mol.